The highest BCUT2D eigenvalue weighted by atomic mass is 35.5. The van der Waals surface area contributed by atoms with Crippen LogP contribution in [-0.4, -0.2) is 21.7 Å². The van der Waals surface area contributed by atoms with Crippen LogP contribution in [0.1, 0.15) is 30.8 Å². The normalized spacial score (nSPS) is 12.6. The molecule has 4 nitrogen and oxygen atoms in total. The van der Waals surface area contributed by atoms with E-state index in [-0.39, 0.29) is 6.04 Å². The van der Waals surface area contributed by atoms with Gasteiger partial charge in [0.15, 0.2) is 0 Å². The molecule has 1 aromatic heterocycles. The SMILES string of the molecule is CCC(NCCc1ncn[nH]1)c1ccc(Cl)c(Cl)c1. The monoisotopic (exact) mass is 298 g/mol. The molecule has 0 aliphatic heterocycles. The summed E-state index contributed by atoms with van der Waals surface area (Å²) >= 11 is 12.0. The highest BCUT2D eigenvalue weighted by Crippen LogP contribution is 2.26. The summed E-state index contributed by atoms with van der Waals surface area (Å²) in [4.78, 5) is 4.09. The standard InChI is InChI=1S/C13H16Cl2N4/c1-2-12(9-3-4-10(14)11(15)7-9)16-6-5-13-17-8-18-19-13/h3-4,7-8,12,16H,2,5-6H2,1H3,(H,17,18,19). The van der Waals surface area contributed by atoms with Crippen molar-refractivity contribution in [2.75, 3.05) is 6.54 Å². The molecular weight excluding hydrogens is 283 g/mol. The van der Waals surface area contributed by atoms with E-state index in [1.165, 1.54) is 6.33 Å². The Bertz CT molecular complexity index is 513. The molecule has 1 aromatic carbocycles. The summed E-state index contributed by atoms with van der Waals surface area (Å²) in [6, 6.07) is 6.02. The number of hydrogen-bond acceptors (Lipinski definition) is 3. The minimum atomic E-state index is 0.262. The van der Waals surface area contributed by atoms with Gasteiger partial charge in [0.25, 0.3) is 0 Å². The highest BCUT2D eigenvalue weighted by Gasteiger charge is 2.10. The molecule has 19 heavy (non-hydrogen) atoms. The zero-order valence-electron chi connectivity index (χ0n) is 10.7. The third kappa shape index (κ3) is 3.93. The number of aromatic nitrogens is 3. The number of nitrogens with one attached hydrogen (secondary N) is 2. The lowest BCUT2D eigenvalue weighted by molar-refractivity contribution is 0.519. The number of aromatic amines is 1. The lowest BCUT2D eigenvalue weighted by Crippen LogP contribution is -2.23. The van der Waals surface area contributed by atoms with Gasteiger partial charge in [0.2, 0.25) is 0 Å². The topological polar surface area (TPSA) is 53.6 Å². The van der Waals surface area contributed by atoms with Crippen molar-refractivity contribution in [3.05, 3.63) is 46.0 Å². The number of benzene rings is 1. The molecule has 1 atom stereocenters. The molecule has 6 heteroatoms. The molecule has 0 aliphatic carbocycles. The van der Waals surface area contributed by atoms with E-state index in [0.717, 1.165) is 30.8 Å². The van der Waals surface area contributed by atoms with Crippen LogP contribution >= 0.6 is 23.2 Å². The summed E-state index contributed by atoms with van der Waals surface area (Å²) in [7, 11) is 0. The molecule has 2 N–H and O–H groups in total. The minimum Gasteiger partial charge on any atom is -0.310 e. The first-order valence-electron chi connectivity index (χ1n) is 6.23. The second-order valence-electron chi connectivity index (χ2n) is 4.27. The van der Waals surface area contributed by atoms with Crippen molar-refractivity contribution in [3.63, 3.8) is 0 Å². The maximum atomic E-state index is 6.05. The molecule has 2 rings (SSSR count). The minimum absolute atomic E-state index is 0.262. The fourth-order valence-electron chi connectivity index (χ4n) is 1.94. The second kappa shape index (κ2) is 6.89. The second-order valence-corrected chi connectivity index (χ2v) is 5.09. The Morgan fingerprint density at radius 1 is 1.32 bits per heavy atom. The van der Waals surface area contributed by atoms with Gasteiger partial charge in [0, 0.05) is 19.0 Å². The van der Waals surface area contributed by atoms with Crippen LogP contribution in [0.2, 0.25) is 10.0 Å². The smallest absolute Gasteiger partial charge is 0.137 e. The first-order chi connectivity index (χ1) is 9.20. The summed E-state index contributed by atoms with van der Waals surface area (Å²) < 4.78 is 0. The maximum Gasteiger partial charge on any atom is 0.137 e. The summed E-state index contributed by atoms with van der Waals surface area (Å²) in [5, 5.41) is 11.3. The third-order valence-corrected chi connectivity index (χ3v) is 3.71. The maximum absolute atomic E-state index is 6.05. The largest absolute Gasteiger partial charge is 0.310 e. The lowest BCUT2D eigenvalue weighted by atomic mass is 10.0. The first-order valence-corrected chi connectivity index (χ1v) is 6.99. The predicted molar refractivity (Wildman–Crippen MR) is 77.6 cm³/mol. The molecule has 2 aromatic rings. The molecule has 0 saturated heterocycles. The van der Waals surface area contributed by atoms with E-state index in [1.807, 2.05) is 18.2 Å². The van der Waals surface area contributed by atoms with Gasteiger partial charge in [-0.05, 0) is 24.1 Å². The quantitative estimate of drug-likeness (QED) is 0.859. The predicted octanol–water partition coefficient (Wildman–Crippen LogP) is 3.39. The van der Waals surface area contributed by atoms with Crippen LogP contribution in [0.5, 0.6) is 0 Å². The molecule has 0 saturated carbocycles. The summed E-state index contributed by atoms with van der Waals surface area (Å²) in [5.74, 6) is 0.886. The molecule has 102 valence electrons. The molecule has 0 bridgehead atoms. The van der Waals surface area contributed by atoms with E-state index in [0.29, 0.717) is 10.0 Å². The van der Waals surface area contributed by atoms with Crippen molar-refractivity contribution in [2.45, 2.75) is 25.8 Å². The molecular formula is C13H16Cl2N4. The molecule has 0 amide bonds. The van der Waals surface area contributed by atoms with Crippen molar-refractivity contribution in [2.24, 2.45) is 0 Å². The van der Waals surface area contributed by atoms with Crippen LogP contribution in [0, 0.1) is 0 Å². The van der Waals surface area contributed by atoms with Gasteiger partial charge in [-0.15, -0.1) is 0 Å². The van der Waals surface area contributed by atoms with Crippen LogP contribution in [-0.2, 0) is 6.42 Å². The van der Waals surface area contributed by atoms with Gasteiger partial charge in [-0.25, -0.2) is 4.98 Å². The number of rotatable bonds is 6. The van der Waals surface area contributed by atoms with E-state index in [9.17, 15) is 0 Å². The number of nitrogens with zero attached hydrogens (tertiary/aromatic N) is 2. The van der Waals surface area contributed by atoms with Crippen LogP contribution in [0.3, 0.4) is 0 Å². The fourth-order valence-corrected chi connectivity index (χ4v) is 2.25. The molecule has 0 spiro atoms. The van der Waals surface area contributed by atoms with Crippen molar-refractivity contribution in [1.82, 2.24) is 20.5 Å². The highest BCUT2D eigenvalue weighted by molar-refractivity contribution is 6.42. The van der Waals surface area contributed by atoms with Crippen molar-refractivity contribution in [1.29, 1.82) is 0 Å². The van der Waals surface area contributed by atoms with Gasteiger partial charge in [-0.1, -0.05) is 36.2 Å². The Kier molecular flexibility index (Phi) is 5.19. The molecule has 1 unspecified atom stereocenters. The van der Waals surface area contributed by atoms with Crippen LogP contribution in [0.15, 0.2) is 24.5 Å². The lowest BCUT2D eigenvalue weighted by Gasteiger charge is -2.17. The van der Waals surface area contributed by atoms with E-state index in [4.69, 9.17) is 23.2 Å². The van der Waals surface area contributed by atoms with E-state index >= 15 is 0 Å². The van der Waals surface area contributed by atoms with Crippen LogP contribution in [0.4, 0.5) is 0 Å². The molecule has 0 fully saturated rings. The average Bonchev–Trinajstić information content (AvgIpc) is 2.91. The number of H-pyrrole nitrogens is 1. The molecule has 0 radical (unpaired) electrons. The van der Waals surface area contributed by atoms with Crippen molar-refractivity contribution < 1.29 is 0 Å². The fraction of sp³-hybridized carbons (Fsp3) is 0.385. The third-order valence-electron chi connectivity index (χ3n) is 2.97. The Morgan fingerprint density at radius 3 is 2.79 bits per heavy atom. The average molecular weight is 299 g/mol. The molecule has 0 aliphatic rings. The zero-order valence-corrected chi connectivity index (χ0v) is 12.2. The summed E-state index contributed by atoms with van der Waals surface area (Å²) in [5.41, 5.74) is 1.15. The number of halogens is 2. The Morgan fingerprint density at radius 2 is 2.16 bits per heavy atom. The van der Waals surface area contributed by atoms with Gasteiger partial charge >= 0.3 is 0 Å². The van der Waals surface area contributed by atoms with Gasteiger partial charge < -0.3 is 5.32 Å². The Labute approximate surface area is 122 Å². The van der Waals surface area contributed by atoms with E-state index in [1.54, 1.807) is 0 Å². The van der Waals surface area contributed by atoms with Gasteiger partial charge in [0.05, 0.1) is 10.0 Å². The Balaban J connectivity index is 1.93. The van der Waals surface area contributed by atoms with Crippen LogP contribution in [0.25, 0.3) is 0 Å². The van der Waals surface area contributed by atoms with Crippen molar-refractivity contribution in [3.8, 4) is 0 Å². The van der Waals surface area contributed by atoms with E-state index < -0.39 is 0 Å². The van der Waals surface area contributed by atoms with Crippen LogP contribution < -0.4 is 5.32 Å². The van der Waals surface area contributed by atoms with Gasteiger partial charge in [0.1, 0.15) is 12.2 Å². The van der Waals surface area contributed by atoms with Gasteiger partial charge in [-0.3, -0.25) is 5.10 Å². The zero-order chi connectivity index (χ0) is 13.7. The first kappa shape index (κ1) is 14.3. The molecule has 1 heterocycles. The van der Waals surface area contributed by atoms with Gasteiger partial charge in [-0.2, -0.15) is 5.10 Å². The summed E-state index contributed by atoms with van der Waals surface area (Å²) in [6.45, 7) is 2.96. The number of hydrogen-bond donors (Lipinski definition) is 2. The van der Waals surface area contributed by atoms with E-state index in [2.05, 4.69) is 27.4 Å². The summed E-state index contributed by atoms with van der Waals surface area (Å²) in [6.07, 6.45) is 3.32. The Hall–Kier alpha value is -1.10. The van der Waals surface area contributed by atoms with Crippen molar-refractivity contribution >= 4 is 23.2 Å².